The highest BCUT2D eigenvalue weighted by Gasteiger charge is 2.23. The minimum absolute atomic E-state index is 0.0168. The SMILES string of the molecule is CC(C(=O)O)c1c(Cl)nc(Cc2ccc([N+](=O)[O-])cc2)nc1Cl. The van der Waals surface area contributed by atoms with Crippen molar-refractivity contribution in [2.75, 3.05) is 0 Å². The Labute approximate surface area is 141 Å². The van der Waals surface area contributed by atoms with Crippen LogP contribution >= 0.6 is 23.2 Å². The van der Waals surface area contributed by atoms with E-state index in [9.17, 15) is 14.9 Å². The first-order valence-corrected chi connectivity index (χ1v) is 7.23. The van der Waals surface area contributed by atoms with Gasteiger partial charge in [-0.25, -0.2) is 9.97 Å². The van der Waals surface area contributed by atoms with Crippen LogP contribution in [-0.4, -0.2) is 26.0 Å². The fraction of sp³-hybridized carbons (Fsp3) is 0.214. The van der Waals surface area contributed by atoms with Crippen LogP contribution < -0.4 is 0 Å². The molecule has 7 nitrogen and oxygen atoms in total. The summed E-state index contributed by atoms with van der Waals surface area (Å²) in [6, 6.07) is 5.91. The fourth-order valence-corrected chi connectivity index (χ4v) is 2.68. The number of hydrogen-bond donors (Lipinski definition) is 1. The summed E-state index contributed by atoms with van der Waals surface area (Å²) in [5, 5.41) is 19.6. The molecule has 0 spiro atoms. The van der Waals surface area contributed by atoms with Gasteiger partial charge >= 0.3 is 5.97 Å². The Hall–Kier alpha value is -2.25. The average molecular weight is 356 g/mol. The monoisotopic (exact) mass is 355 g/mol. The number of nitrogens with zero attached hydrogens (tertiary/aromatic N) is 3. The summed E-state index contributed by atoms with van der Waals surface area (Å²) in [5.41, 5.74) is 0.881. The largest absolute Gasteiger partial charge is 0.481 e. The molecule has 0 aliphatic heterocycles. The third-order valence-electron chi connectivity index (χ3n) is 3.21. The molecule has 0 aliphatic rings. The van der Waals surface area contributed by atoms with Crippen LogP contribution in [0, 0.1) is 10.1 Å². The molecule has 0 radical (unpaired) electrons. The number of non-ortho nitro benzene ring substituents is 1. The van der Waals surface area contributed by atoms with Crippen molar-refractivity contribution >= 4 is 34.9 Å². The molecular formula is C14H11Cl2N3O4. The van der Waals surface area contributed by atoms with Gasteiger partial charge in [0.15, 0.2) is 0 Å². The highest BCUT2D eigenvalue weighted by Crippen LogP contribution is 2.29. The number of aliphatic carboxylic acids is 1. The third-order valence-corrected chi connectivity index (χ3v) is 3.79. The van der Waals surface area contributed by atoms with Gasteiger partial charge in [-0.1, -0.05) is 35.3 Å². The number of carboxylic acids is 1. The second kappa shape index (κ2) is 6.89. The molecule has 1 unspecified atom stereocenters. The Morgan fingerprint density at radius 2 is 1.78 bits per heavy atom. The highest BCUT2D eigenvalue weighted by molar-refractivity contribution is 6.35. The molecule has 120 valence electrons. The van der Waals surface area contributed by atoms with E-state index in [0.29, 0.717) is 5.82 Å². The van der Waals surface area contributed by atoms with Gasteiger partial charge in [0.2, 0.25) is 0 Å². The number of carbonyl (C=O) groups is 1. The van der Waals surface area contributed by atoms with Gasteiger partial charge in [-0.15, -0.1) is 0 Å². The smallest absolute Gasteiger partial charge is 0.310 e. The minimum Gasteiger partial charge on any atom is -0.481 e. The summed E-state index contributed by atoms with van der Waals surface area (Å²) in [4.78, 5) is 29.3. The predicted molar refractivity (Wildman–Crippen MR) is 84.0 cm³/mol. The molecule has 0 saturated heterocycles. The number of rotatable bonds is 5. The number of nitro benzene ring substituents is 1. The Morgan fingerprint density at radius 1 is 1.26 bits per heavy atom. The first-order chi connectivity index (χ1) is 10.8. The van der Waals surface area contributed by atoms with Crippen molar-refractivity contribution in [3.63, 3.8) is 0 Å². The van der Waals surface area contributed by atoms with E-state index >= 15 is 0 Å². The summed E-state index contributed by atoms with van der Waals surface area (Å²) in [6.45, 7) is 1.44. The molecule has 0 fully saturated rings. The first-order valence-electron chi connectivity index (χ1n) is 6.47. The molecule has 0 saturated carbocycles. The van der Waals surface area contributed by atoms with Crippen molar-refractivity contribution in [1.29, 1.82) is 0 Å². The van der Waals surface area contributed by atoms with Crippen LogP contribution in [0.5, 0.6) is 0 Å². The Bertz CT molecular complexity index is 742. The minimum atomic E-state index is -1.08. The molecule has 1 heterocycles. The average Bonchev–Trinajstić information content (AvgIpc) is 2.46. The second-order valence-electron chi connectivity index (χ2n) is 4.80. The molecular weight excluding hydrogens is 345 g/mol. The second-order valence-corrected chi connectivity index (χ2v) is 5.51. The summed E-state index contributed by atoms with van der Waals surface area (Å²) >= 11 is 12.0. The molecule has 23 heavy (non-hydrogen) atoms. The highest BCUT2D eigenvalue weighted by atomic mass is 35.5. The van der Waals surface area contributed by atoms with Crippen LogP contribution in [0.4, 0.5) is 5.69 Å². The standard InChI is InChI=1S/C14H11Cl2N3O4/c1-7(14(20)21)11-12(15)17-10(18-13(11)16)6-8-2-4-9(5-3-8)19(22)23/h2-5,7H,6H2,1H3,(H,20,21). The summed E-state index contributed by atoms with van der Waals surface area (Å²) in [7, 11) is 0. The molecule has 1 aromatic carbocycles. The summed E-state index contributed by atoms with van der Waals surface area (Å²) in [5.74, 6) is -1.71. The maximum absolute atomic E-state index is 11.0. The van der Waals surface area contributed by atoms with Crippen molar-refractivity contribution in [1.82, 2.24) is 9.97 Å². The van der Waals surface area contributed by atoms with E-state index in [1.807, 2.05) is 0 Å². The number of hydrogen-bond acceptors (Lipinski definition) is 5. The van der Waals surface area contributed by atoms with Crippen LogP contribution in [0.1, 0.15) is 29.8 Å². The van der Waals surface area contributed by atoms with E-state index in [1.165, 1.54) is 19.1 Å². The van der Waals surface area contributed by atoms with Gasteiger partial charge in [-0.2, -0.15) is 0 Å². The van der Waals surface area contributed by atoms with Gasteiger partial charge in [-0.3, -0.25) is 14.9 Å². The predicted octanol–water partition coefficient (Wildman–Crippen LogP) is 3.47. The first kappa shape index (κ1) is 17.1. The van der Waals surface area contributed by atoms with Crippen LogP contribution in [0.2, 0.25) is 10.3 Å². The van der Waals surface area contributed by atoms with Crippen molar-refractivity contribution in [2.45, 2.75) is 19.3 Å². The number of benzene rings is 1. The lowest BCUT2D eigenvalue weighted by molar-refractivity contribution is -0.384. The zero-order valence-electron chi connectivity index (χ0n) is 11.9. The van der Waals surface area contributed by atoms with Crippen LogP contribution in [-0.2, 0) is 11.2 Å². The van der Waals surface area contributed by atoms with Crippen molar-refractivity contribution < 1.29 is 14.8 Å². The molecule has 0 aliphatic carbocycles. The topological polar surface area (TPSA) is 106 Å². The number of carboxylic acid groups (broad SMARTS) is 1. The Kier molecular flexibility index (Phi) is 5.12. The van der Waals surface area contributed by atoms with E-state index in [-0.39, 0.29) is 28.0 Å². The van der Waals surface area contributed by atoms with E-state index < -0.39 is 16.8 Å². The lowest BCUT2D eigenvalue weighted by Crippen LogP contribution is -2.11. The van der Waals surface area contributed by atoms with Gasteiger partial charge in [0, 0.05) is 24.1 Å². The van der Waals surface area contributed by atoms with Gasteiger partial charge in [0.1, 0.15) is 16.1 Å². The Balaban J connectivity index is 2.28. The maximum Gasteiger partial charge on any atom is 0.310 e. The van der Waals surface area contributed by atoms with E-state index in [1.54, 1.807) is 12.1 Å². The fourth-order valence-electron chi connectivity index (χ4n) is 1.94. The zero-order valence-corrected chi connectivity index (χ0v) is 13.4. The number of nitro groups is 1. The van der Waals surface area contributed by atoms with Crippen molar-refractivity contribution in [3.05, 3.63) is 61.6 Å². The van der Waals surface area contributed by atoms with Crippen molar-refractivity contribution in [2.24, 2.45) is 0 Å². The Morgan fingerprint density at radius 3 is 2.22 bits per heavy atom. The van der Waals surface area contributed by atoms with Gasteiger partial charge < -0.3 is 5.11 Å². The zero-order chi connectivity index (χ0) is 17.1. The third kappa shape index (κ3) is 3.94. The van der Waals surface area contributed by atoms with Crippen LogP contribution in [0.25, 0.3) is 0 Å². The molecule has 1 aromatic heterocycles. The van der Waals surface area contributed by atoms with Crippen molar-refractivity contribution in [3.8, 4) is 0 Å². The number of halogens is 2. The van der Waals surface area contributed by atoms with E-state index in [2.05, 4.69) is 9.97 Å². The van der Waals surface area contributed by atoms with E-state index in [0.717, 1.165) is 5.56 Å². The maximum atomic E-state index is 11.0. The summed E-state index contributed by atoms with van der Waals surface area (Å²) in [6.07, 6.45) is 0.263. The normalized spacial score (nSPS) is 12.0. The van der Waals surface area contributed by atoms with Gasteiger partial charge in [-0.05, 0) is 12.5 Å². The van der Waals surface area contributed by atoms with Crippen LogP contribution in [0.3, 0.4) is 0 Å². The molecule has 1 atom stereocenters. The molecule has 2 aromatic rings. The molecule has 9 heteroatoms. The van der Waals surface area contributed by atoms with Crippen LogP contribution in [0.15, 0.2) is 24.3 Å². The quantitative estimate of drug-likeness (QED) is 0.499. The van der Waals surface area contributed by atoms with E-state index in [4.69, 9.17) is 28.3 Å². The molecule has 1 N–H and O–H groups in total. The molecule has 0 amide bonds. The van der Waals surface area contributed by atoms with Gasteiger partial charge in [0.05, 0.1) is 10.8 Å². The number of aromatic nitrogens is 2. The lowest BCUT2D eigenvalue weighted by Gasteiger charge is -2.11. The molecule has 2 rings (SSSR count). The molecule has 0 bridgehead atoms. The lowest BCUT2D eigenvalue weighted by atomic mass is 10.1. The van der Waals surface area contributed by atoms with Gasteiger partial charge in [0.25, 0.3) is 5.69 Å². The summed E-state index contributed by atoms with van der Waals surface area (Å²) < 4.78 is 0.